The van der Waals surface area contributed by atoms with E-state index in [-0.39, 0.29) is 12.8 Å². The Kier molecular flexibility index (Phi) is 3.65. The number of nitrogens with two attached hydrogens (primary N) is 1. The minimum atomic E-state index is -1.21. The third-order valence-corrected chi connectivity index (χ3v) is 2.53. The van der Waals surface area contributed by atoms with E-state index in [4.69, 9.17) is 15.6 Å². The minimum absolute atomic E-state index is 0.279. The van der Waals surface area contributed by atoms with E-state index < -0.39 is 23.5 Å². The molecular formula is C9H16N2O4. The summed E-state index contributed by atoms with van der Waals surface area (Å²) in [6, 6.07) is -0.705. The molecule has 0 aromatic heterocycles. The van der Waals surface area contributed by atoms with Gasteiger partial charge in [0.05, 0.1) is 6.04 Å². The Bertz CT molecular complexity index is 259. The molecule has 6 nitrogen and oxygen atoms in total. The predicted molar refractivity (Wildman–Crippen MR) is 52.2 cm³/mol. The number of hydrogen-bond donors (Lipinski definition) is 3. The summed E-state index contributed by atoms with van der Waals surface area (Å²) in [6.45, 7) is 2.20. The van der Waals surface area contributed by atoms with E-state index in [1.807, 2.05) is 0 Å². The normalized spacial score (nSPS) is 21.7. The predicted octanol–water partition coefficient (Wildman–Crippen LogP) is -0.916. The molecule has 0 aliphatic carbocycles. The molecule has 15 heavy (non-hydrogen) atoms. The van der Waals surface area contributed by atoms with Gasteiger partial charge in [-0.15, -0.1) is 0 Å². The first-order valence-corrected chi connectivity index (χ1v) is 4.87. The van der Waals surface area contributed by atoms with Crippen LogP contribution in [0.1, 0.15) is 19.8 Å². The highest BCUT2D eigenvalue weighted by molar-refractivity contribution is 5.89. The molecule has 0 aromatic rings. The molecular weight excluding hydrogens is 200 g/mol. The molecule has 1 heterocycles. The first kappa shape index (κ1) is 11.9. The fraction of sp³-hybridized carbons (Fsp3) is 0.778. The van der Waals surface area contributed by atoms with E-state index in [2.05, 4.69) is 5.32 Å². The van der Waals surface area contributed by atoms with E-state index in [1.54, 1.807) is 0 Å². The number of carbonyl (C=O) groups excluding carboxylic acids is 1. The molecule has 1 atom stereocenters. The molecule has 1 saturated heterocycles. The zero-order valence-electron chi connectivity index (χ0n) is 8.66. The molecule has 6 heteroatoms. The van der Waals surface area contributed by atoms with Gasteiger partial charge < -0.3 is 20.9 Å². The maximum Gasteiger partial charge on any atom is 0.329 e. The fourth-order valence-corrected chi connectivity index (χ4v) is 1.46. The second kappa shape index (κ2) is 4.59. The first-order chi connectivity index (χ1) is 6.98. The number of amides is 1. The number of carboxylic acids is 1. The summed E-state index contributed by atoms with van der Waals surface area (Å²) in [5.41, 5.74) is 4.17. The Balaban J connectivity index is 2.73. The molecule has 1 aliphatic rings. The zero-order chi connectivity index (χ0) is 11.5. The van der Waals surface area contributed by atoms with Gasteiger partial charge in [0.2, 0.25) is 5.91 Å². The van der Waals surface area contributed by atoms with Crippen LogP contribution in [0.25, 0.3) is 0 Å². The van der Waals surface area contributed by atoms with Crippen molar-refractivity contribution >= 4 is 11.9 Å². The summed E-state index contributed by atoms with van der Waals surface area (Å²) >= 11 is 0. The van der Waals surface area contributed by atoms with Crippen molar-refractivity contribution in [3.05, 3.63) is 0 Å². The van der Waals surface area contributed by atoms with Crippen LogP contribution in [0, 0.1) is 0 Å². The monoisotopic (exact) mass is 216 g/mol. The molecule has 0 spiro atoms. The topological polar surface area (TPSA) is 102 Å². The van der Waals surface area contributed by atoms with Gasteiger partial charge in [-0.3, -0.25) is 4.79 Å². The van der Waals surface area contributed by atoms with E-state index in [0.29, 0.717) is 13.2 Å². The van der Waals surface area contributed by atoms with Crippen LogP contribution in [0.5, 0.6) is 0 Å². The number of nitrogens with one attached hydrogen (secondary N) is 1. The number of aliphatic carboxylic acids is 1. The number of ether oxygens (including phenoxy) is 1. The maximum atomic E-state index is 11.4. The summed E-state index contributed by atoms with van der Waals surface area (Å²) < 4.78 is 5.07. The van der Waals surface area contributed by atoms with Crippen molar-refractivity contribution in [3.63, 3.8) is 0 Å². The van der Waals surface area contributed by atoms with Gasteiger partial charge in [0.1, 0.15) is 5.54 Å². The molecule has 1 fully saturated rings. The fourth-order valence-electron chi connectivity index (χ4n) is 1.46. The Morgan fingerprint density at radius 1 is 1.47 bits per heavy atom. The van der Waals surface area contributed by atoms with Crippen LogP contribution < -0.4 is 11.1 Å². The largest absolute Gasteiger partial charge is 0.480 e. The molecule has 0 radical (unpaired) electrons. The molecule has 0 aromatic carbocycles. The van der Waals surface area contributed by atoms with E-state index in [9.17, 15) is 9.59 Å². The van der Waals surface area contributed by atoms with Gasteiger partial charge in [-0.25, -0.2) is 4.79 Å². The first-order valence-electron chi connectivity index (χ1n) is 4.87. The highest BCUT2D eigenvalue weighted by atomic mass is 16.5. The van der Waals surface area contributed by atoms with Crippen molar-refractivity contribution in [2.75, 3.05) is 13.2 Å². The summed E-state index contributed by atoms with van der Waals surface area (Å²) in [7, 11) is 0. The summed E-state index contributed by atoms with van der Waals surface area (Å²) in [4.78, 5) is 22.5. The standard InChI is InChI=1S/C9H16N2O4/c1-6(10)7(12)11-9(8(13)14)2-4-15-5-3-9/h6H,2-5,10H2,1H3,(H,11,12)(H,13,14). The van der Waals surface area contributed by atoms with Crippen LogP contribution in [-0.2, 0) is 14.3 Å². The smallest absolute Gasteiger partial charge is 0.329 e. The van der Waals surface area contributed by atoms with Crippen molar-refractivity contribution in [2.45, 2.75) is 31.3 Å². The summed E-state index contributed by atoms with van der Waals surface area (Å²) in [5, 5.41) is 11.6. The molecule has 0 bridgehead atoms. The molecule has 86 valence electrons. The highest BCUT2D eigenvalue weighted by Crippen LogP contribution is 2.21. The maximum absolute atomic E-state index is 11.4. The van der Waals surface area contributed by atoms with Crippen LogP contribution in [0.15, 0.2) is 0 Å². The lowest BCUT2D eigenvalue weighted by Gasteiger charge is -2.34. The number of carbonyl (C=O) groups is 2. The summed E-state index contributed by atoms with van der Waals surface area (Å²) in [5.74, 6) is -1.47. The van der Waals surface area contributed by atoms with Gasteiger partial charge in [0.25, 0.3) is 0 Å². The zero-order valence-corrected chi connectivity index (χ0v) is 8.66. The van der Waals surface area contributed by atoms with E-state index in [0.717, 1.165) is 0 Å². The average Bonchev–Trinajstić information content (AvgIpc) is 2.18. The van der Waals surface area contributed by atoms with Gasteiger partial charge in [0, 0.05) is 26.1 Å². The molecule has 1 unspecified atom stereocenters. The second-order valence-electron chi connectivity index (χ2n) is 3.78. The van der Waals surface area contributed by atoms with E-state index in [1.165, 1.54) is 6.92 Å². The van der Waals surface area contributed by atoms with Gasteiger partial charge in [-0.05, 0) is 6.92 Å². The van der Waals surface area contributed by atoms with Gasteiger partial charge in [0.15, 0.2) is 0 Å². The van der Waals surface area contributed by atoms with Crippen molar-refractivity contribution in [1.82, 2.24) is 5.32 Å². The number of rotatable bonds is 3. The van der Waals surface area contributed by atoms with Gasteiger partial charge in [-0.2, -0.15) is 0 Å². The SMILES string of the molecule is CC(N)C(=O)NC1(C(=O)O)CCOCC1. The third-order valence-electron chi connectivity index (χ3n) is 2.53. The lowest BCUT2D eigenvalue weighted by atomic mass is 9.90. The average molecular weight is 216 g/mol. The van der Waals surface area contributed by atoms with Crippen molar-refractivity contribution in [2.24, 2.45) is 5.73 Å². The Morgan fingerprint density at radius 2 is 2.00 bits per heavy atom. The lowest BCUT2D eigenvalue weighted by Crippen LogP contribution is -2.60. The second-order valence-corrected chi connectivity index (χ2v) is 3.78. The van der Waals surface area contributed by atoms with Crippen LogP contribution in [0.4, 0.5) is 0 Å². The number of hydrogen-bond acceptors (Lipinski definition) is 4. The van der Waals surface area contributed by atoms with Crippen LogP contribution in [-0.4, -0.2) is 41.8 Å². The quantitative estimate of drug-likeness (QED) is 0.566. The molecule has 4 N–H and O–H groups in total. The van der Waals surface area contributed by atoms with Crippen molar-refractivity contribution < 1.29 is 19.4 Å². The number of carboxylic acid groups (broad SMARTS) is 1. The Hall–Kier alpha value is -1.14. The van der Waals surface area contributed by atoms with Crippen LogP contribution in [0.2, 0.25) is 0 Å². The third kappa shape index (κ3) is 2.66. The minimum Gasteiger partial charge on any atom is -0.480 e. The van der Waals surface area contributed by atoms with E-state index >= 15 is 0 Å². The van der Waals surface area contributed by atoms with Crippen molar-refractivity contribution in [3.8, 4) is 0 Å². The summed E-state index contributed by atoms with van der Waals surface area (Å²) in [6.07, 6.45) is 0.557. The molecule has 1 rings (SSSR count). The van der Waals surface area contributed by atoms with Crippen LogP contribution in [0.3, 0.4) is 0 Å². The lowest BCUT2D eigenvalue weighted by molar-refractivity contribution is -0.152. The molecule has 1 amide bonds. The van der Waals surface area contributed by atoms with Crippen molar-refractivity contribution in [1.29, 1.82) is 0 Å². The van der Waals surface area contributed by atoms with Crippen LogP contribution >= 0.6 is 0 Å². The Morgan fingerprint density at radius 3 is 2.40 bits per heavy atom. The van der Waals surface area contributed by atoms with Gasteiger partial charge in [-0.1, -0.05) is 0 Å². The highest BCUT2D eigenvalue weighted by Gasteiger charge is 2.41. The Labute approximate surface area is 87.8 Å². The molecule has 0 saturated carbocycles. The van der Waals surface area contributed by atoms with Gasteiger partial charge >= 0.3 is 5.97 Å². The molecule has 1 aliphatic heterocycles.